The number of halogens is 2. The molecule has 5 nitrogen and oxygen atoms in total. The summed E-state index contributed by atoms with van der Waals surface area (Å²) in [5.41, 5.74) is 1.54. The maximum atomic E-state index is 10.5. The molecule has 0 N–H and O–H groups in total. The van der Waals surface area contributed by atoms with Gasteiger partial charge in [-0.3, -0.25) is 15.1 Å². The number of pyridine rings is 2. The number of aromatic nitrogens is 2. The van der Waals surface area contributed by atoms with Gasteiger partial charge in [-0.1, -0.05) is 6.08 Å². The van der Waals surface area contributed by atoms with Gasteiger partial charge in [-0.15, -0.1) is 0 Å². The fourth-order valence-corrected chi connectivity index (χ4v) is 2.55. The number of rotatable bonds is 3. The van der Waals surface area contributed by atoms with E-state index in [1.165, 1.54) is 12.3 Å². The highest BCUT2D eigenvalue weighted by molar-refractivity contribution is 9.11. The predicted octanol–water partition coefficient (Wildman–Crippen LogP) is 4.08. The zero-order valence-electron chi connectivity index (χ0n) is 9.46. The molecule has 0 amide bonds. The molecule has 7 heteroatoms. The van der Waals surface area contributed by atoms with Gasteiger partial charge in [0.2, 0.25) is 0 Å². The molecule has 0 saturated heterocycles. The van der Waals surface area contributed by atoms with Crippen molar-refractivity contribution in [3.05, 3.63) is 61.0 Å². The summed E-state index contributed by atoms with van der Waals surface area (Å²) >= 11 is 6.80. The lowest BCUT2D eigenvalue weighted by atomic mass is 10.2. The maximum Gasteiger partial charge on any atom is 0.287 e. The molecule has 2 rings (SSSR count). The molecule has 2 heterocycles. The summed E-state index contributed by atoms with van der Waals surface area (Å²) in [6.45, 7) is 0. The molecule has 0 aliphatic carbocycles. The summed E-state index contributed by atoms with van der Waals surface area (Å²) in [7, 11) is 0. The monoisotopic (exact) mass is 383 g/mol. The van der Waals surface area contributed by atoms with Crippen LogP contribution in [-0.4, -0.2) is 14.9 Å². The zero-order valence-corrected chi connectivity index (χ0v) is 12.6. The number of nitrogens with zero attached hydrogens (tertiary/aromatic N) is 3. The fraction of sp³-hybridized carbons (Fsp3) is 0. The Morgan fingerprint density at radius 1 is 1.11 bits per heavy atom. The summed E-state index contributed by atoms with van der Waals surface area (Å²) in [6.07, 6.45) is 8.23. The highest BCUT2D eigenvalue weighted by Gasteiger charge is 2.04. The van der Waals surface area contributed by atoms with E-state index in [1.54, 1.807) is 24.5 Å². The Labute approximate surface area is 125 Å². The van der Waals surface area contributed by atoms with Gasteiger partial charge in [0.1, 0.15) is 6.20 Å². The van der Waals surface area contributed by atoms with Crippen molar-refractivity contribution in [2.75, 3.05) is 0 Å². The zero-order chi connectivity index (χ0) is 13.8. The van der Waals surface area contributed by atoms with Gasteiger partial charge in [-0.2, -0.15) is 0 Å². The van der Waals surface area contributed by atoms with Crippen LogP contribution in [0.15, 0.2) is 39.7 Å². The van der Waals surface area contributed by atoms with E-state index in [2.05, 4.69) is 41.8 Å². The van der Waals surface area contributed by atoms with Crippen molar-refractivity contribution in [3.8, 4) is 0 Å². The van der Waals surface area contributed by atoms with Crippen LogP contribution < -0.4 is 0 Å². The van der Waals surface area contributed by atoms with Gasteiger partial charge in [0.05, 0.1) is 10.6 Å². The molecule has 19 heavy (non-hydrogen) atoms. The highest BCUT2D eigenvalue weighted by Crippen LogP contribution is 2.25. The predicted molar refractivity (Wildman–Crippen MR) is 79.5 cm³/mol. The van der Waals surface area contributed by atoms with E-state index in [0.29, 0.717) is 5.69 Å². The Morgan fingerprint density at radius 2 is 1.79 bits per heavy atom. The molecule has 0 radical (unpaired) electrons. The van der Waals surface area contributed by atoms with Crippen molar-refractivity contribution in [2.24, 2.45) is 0 Å². The lowest BCUT2D eigenvalue weighted by Gasteiger charge is -2.00. The molecule has 0 aliphatic rings. The van der Waals surface area contributed by atoms with Crippen molar-refractivity contribution in [1.29, 1.82) is 0 Å². The maximum absolute atomic E-state index is 10.5. The molecular formula is C12H7Br2N3O2. The molecule has 2 aromatic heterocycles. The van der Waals surface area contributed by atoms with Crippen molar-refractivity contribution >= 4 is 49.7 Å². The normalized spacial score (nSPS) is 10.8. The highest BCUT2D eigenvalue weighted by atomic mass is 79.9. The smallest absolute Gasteiger partial charge is 0.262 e. The largest absolute Gasteiger partial charge is 0.287 e. The molecular weight excluding hydrogens is 378 g/mol. The number of hydrogen-bond donors (Lipinski definition) is 0. The Morgan fingerprint density at radius 3 is 2.32 bits per heavy atom. The average Bonchev–Trinajstić information content (AvgIpc) is 2.38. The molecule has 0 spiro atoms. The molecule has 0 aromatic carbocycles. The van der Waals surface area contributed by atoms with Gasteiger partial charge in [-0.25, -0.2) is 4.98 Å². The Balaban J connectivity index is 2.25. The minimum Gasteiger partial charge on any atom is -0.262 e. The summed E-state index contributed by atoms with van der Waals surface area (Å²) < 4.78 is 1.69. The van der Waals surface area contributed by atoms with Gasteiger partial charge in [0.25, 0.3) is 5.69 Å². The van der Waals surface area contributed by atoms with Crippen LogP contribution in [0.25, 0.3) is 12.2 Å². The first-order valence-corrected chi connectivity index (χ1v) is 6.74. The van der Waals surface area contributed by atoms with E-state index in [0.717, 1.165) is 14.5 Å². The molecule has 0 unspecified atom stereocenters. The SMILES string of the molecule is O=[N+]([O-])c1ccc(/C=C/c2c(Br)cncc2Br)nc1. The summed E-state index contributed by atoms with van der Waals surface area (Å²) in [5.74, 6) is 0. The van der Waals surface area contributed by atoms with Gasteiger partial charge in [0.15, 0.2) is 0 Å². The van der Waals surface area contributed by atoms with E-state index in [4.69, 9.17) is 0 Å². The van der Waals surface area contributed by atoms with Crippen LogP contribution in [0.1, 0.15) is 11.3 Å². The van der Waals surface area contributed by atoms with Crippen LogP contribution in [-0.2, 0) is 0 Å². The van der Waals surface area contributed by atoms with Gasteiger partial charge < -0.3 is 0 Å². The topological polar surface area (TPSA) is 68.9 Å². The standard InChI is InChI=1S/C12H7Br2N3O2/c13-11-6-15-7-12(14)10(11)4-2-8-1-3-9(5-16-8)17(18)19/h1-7H/b4-2+. The van der Waals surface area contributed by atoms with Crippen LogP contribution in [0.3, 0.4) is 0 Å². The summed E-state index contributed by atoms with van der Waals surface area (Å²) in [5, 5.41) is 10.5. The van der Waals surface area contributed by atoms with Gasteiger partial charge in [-0.05, 0) is 44.0 Å². The van der Waals surface area contributed by atoms with E-state index in [-0.39, 0.29) is 5.69 Å². The number of hydrogen-bond acceptors (Lipinski definition) is 4. The van der Waals surface area contributed by atoms with Crippen LogP contribution in [0.4, 0.5) is 5.69 Å². The Hall–Kier alpha value is -1.60. The quantitative estimate of drug-likeness (QED) is 0.590. The van der Waals surface area contributed by atoms with Crippen LogP contribution >= 0.6 is 31.9 Å². The first-order chi connectivity index (χ1) is 9.08. The van der Waals surface area contributed by atoms with E-state index in [1.807, 2.05) is 6.08 Å². The minimum atomic E-state index is -0.476. The van der Waals surface area contributed by atoms with E-state index in [9.17, 15) is 10.1 Å². The van der Waals surface area contributed by atoms with Crippen molar-refractivity contribution < 1.29 is 4.92 Å². The lowest BCUT2D eigenvalue weighted by Crippen LogP contribution is -1.89. The molecule has 0 bridgehead atoms. The van der Waals surface area contributed by atoms with Crippen LogP contribution in [0, 0.1) is 10.1 Å². The van der Waals surface area contributed by atoms with Crippen LogP contribution in [0.2, 0.25) is 0 Å². The van der Waals surface area contributed by atoms with Crippen molar-refractivity contribution in [3.63, 3.8) is 0 Å². The van der Waals surface area contributed by atoms with Gasteiger partial charge >= 0.3 is 0 Å². The first-order valence-electron chi connectivity index (χ1n) is 5.15. The summed E-state index contributed by atoms with van der Waals surface area (Å²) in [4.78, 5) is 18.0. The average molecular weight is 385 g/mol. The second-order valence-electron chi connectivity index (χ2n) is 3.55. The first kappa shape index (κ1) is 13.8. The fourth-order valence-electron chi connectivity index (χ4n) is 1.35. The molecule has 0 saturated carbocycles. The van der Waals surface area contributed by atoms with Crippen LogP contribution in [0.5, 0.6) is 0 Å². The third-order valence-corrected chi connectivity index (χ3v) is 3.56. The molecule has 2 aromatic rings. The molecule has 96 valence electrons. The lowest BCUT2D eigenvalue weighted by molar-refractivity contribution is -0.385. The third kappa shape index (κ3) is 3.45. The second-order valence-corrected chi connectivity index (χ2v) is 5.26. The summed E-state index contributed by atoms with van der Waals surface area (Å²) in [6, 6.07) is 3.01. The molecule has 0 fully saturated rings. The van der Waals surface area contributed by atoms with Gasteiger partial charge in [0, 0.05) is 33.0 Å². The van der Waals surface area contributed by atoms with E-state index < -0.39 is 4.92 Å². The number of nitro groups is 1. The van der Waals surface area contributed by atoms with E-state index >= 15 is 0 Å². The minimum absolute atomic E-state index is 0.0246. The van der Waals surface area contributed by atoms with Crippen molar-refractivity contribution in [2.45, 2.75) is 0 Å². The molecule has 0 atom stereocenters. The second kappa shape index (κ2) is 6.03. The molecule has 0 aliphatic heterocycles. The van der Waals surface area contributed by atoms with Crippen molar-refractivity contribution in [1.82, 2.24) is 9.97 Å². The third-order valence-electron chi connectivity index (χ3n) is 2.29. The Kier molecular flexibility index (Phi) is 4.39. The Bertz CT molecular complexity index is 622.